The van der Waals surface area contributed by atoms with Crippen molar-refractivity contribution in [3.63, 3.8) is 0 Å². The van der Waals surface area contributed by atoms with Crippen molar-refractivity contribution in [1.82, 2.24) is 19.8 Å². The highest BCUT2D eigenvalue weighted by Gasteiger charge is 2.28. The van der Waals surface area contributed by atoms with Crippen molar-refractivity contribution in [2.45, 2.75) is 38.3 Å². The molecule has 0 radical (unpaired) electrons. The fourth-order valence-electron chi connectivity index (χ4n) is 7.23. The van der Waals surface area contributed by atoms with Crippen LogP contribution in [0.1, 0.15) is 47.8 Å². The molecule has 1 aromatic heterocycles. The van der Waals surface area contributed by atoms with Crippen LogP contribution in [0, 0.1) is 5.92 Å². The predicted molar refractivity (Wildman–Crippen MR) is 191 cm³/mol. The zero-order valence-electron chi connectivity index (χ0n) is 26.2. The lowest BCUT2D eigenvalue weighted by Gasteiger charge is -2.39. The highest BCUT2D eigenvalue weighted by atomic mass is 35.5. The molecule has 0 N–H and O–H groups in total. The van der Waals surface area contributed by atoms with Crippen LogP contribution in [-0.4, -0.2) is 59.0 Å². The number of hydrogen-bond acceptors (Lipinski definition) is 5. The van der Waals surface area contributed by atoms with Crippen LogP contribution >= 0.6 is 23.2 Å². The second kappa shape index (κ2) is 14.5. The van der Waals surface area contributed by atoms with Gasteiger partial charge in [-0.3, -0.25) is 9.80 Å². The van der Waals surface area contributed by atoms with Crippen molar-refractivity contribution >= 4 is 39.9 Å². The van der Waals surface area contributed by atoms with Crippen molar-refractivity contribution in [3.05, 3.63) is 136 Å². The summed E-state index contributed by atoms with van der Waals surface area (Å²) >= 11 is 12.5. The molecule has 7 heteroatoms. The molecule has 236 valence electrons. The molecule has 0 saturated carbocycles. The van der Waals surface area contributed by atoms with Gasteiger partial charge in [-0.2, -0.15) is 0 Å². The van der Waals surface area contributed by atoms with Gasteiger partial charge in [0.2, 0.25) is 0 Å². The Balaban J connectivity index is 1.05. The van der Waals surface area contributed by atoms with E-state index in [9.17, 15) is 0 Å². The Morgan fingerprint density at radius 3 is 2.00 bits per heavy atom. The molecule has 2 aliphatic rings. The molecule has 5 nitrogen and oxygen atoms in total. The Morgan fingerprint density at radius 1 is 0.652 bits per heavy atom. The van der Waals surface area contributed by atoms with Crippen LogP contribution in [-0.2, 0) is 13.0 Å². The Hall–Kier alpha value is -3.48. The van der Waals surface area contributed by atoms with E-state index in [0.29, 0.717) is 5.92 Å². The van der Waals surface area contributed by atoms with Crippen LogP contribution in [0.5, 0.6) is 0 Å². The molecule has 1 atom stereocenters. The summed E-state index contributed by atoms with van der Waals surface area (Å²) in [6.45, 7) is 6.63. The lowest BCUT2D eigenvalue weighted by Crippen LogP contribution is -2.47. The van der Waals surface area contributed by atoms with E-state index >= 15 is 0 Å². The summed E-state index contributed by atoms with van der Waals surface area (Å²) in [6, 6.07) is 36.1. The van der Waals surface area contributed by atoms with E-state index in [1.54, 1.807) is 0 Å². The molecule has 0 amide bonds. The third-order valence-corrected chi connectivity index (χ3v) is 10.2. The molecular weight excluding hydrogens is 609 g/mol. The van der Waals surface area contributed by atoms with Crippen LogP contribution in [0.4, 0.5) is 5.82 Å². The first kappa shape index (κ1) is 31.1. The minimum Gasteiger partial charge on any atom is -0.356 e. The standard InChI is InChI=1S/C39H41Cl2N5/c40-33-16-12-31(13-17-33)38(32-14-18-34(41)19-15-32)45-25-23-44(24-26-45)28-37-42-36-11-5-4-10-35(36)39(43-37)46-21-6-9-30(20-22-46)27-29-7-2-1-3-8-29/h1-5,7-8,10-19,30,38H,6,9,20-28H2. The smallest absolute Gasteiger partial charge is 0.145 e. The third-order valence-electron chi connectivity index (χ3n) is 9.65. The van der Waals surface area contributed by atoms with E-state index in [2.05, 4.69) is 93.6 Å². The number of rotatable bonds is 8. The number of nitrogens with zero attached hydrogens (tertiary/aromatic N) is 5. The summed E-state index contributed by atoms with van der Waals surface area (Å²) in [6.07, 6.45) is 4.80. The van der Waals surface area contributed by atoms with Gasteiger partial charge in [-0.15, -0.1) is 0 Å². The highest BCUT2D eigenvalue weighted by molar-refractivity contribution is 6.30. The van der Waals surface area contributed by atoms with Crippen LogP contribution < -0.4 is 4.90 Å². The molecule has 0 bridgehead atoms. The molecule has 2 fully saturated rings. The van der Waals surface area contributed by atoms with Gasteiger partial charge < -0.3 is 4.90 Å². The Bertz CT molecular complexity index is 1670. The second-order valence-electron chi connectivity index (χ2n) is 12.8. The van der Waals surface area contributed by atoms with Crippen LogP contribution in [0.3, 0.4) is 0 Å². The zero-order chi connectivity index (χ0) is 31.3. The minimum atomic E-state index is 0.147. The van der Waals surface area contributed by atoms with Gasteiger partial charge in [0.25, 0.3) is 0 Å². The van der Waals surface area contributed by atoms with Crippen molar-refractivity contribution in [1.29, 1.82) is 0 Å². The maximum atomic E-state index is 6.25. The third kappa shape index (κ3) is 7.39. The first-order valence-corrected chi connectivity index (χ1v) is 17.4. The summed E-state index contributed by atoms with van der Waals surface area (Å²) in [5, 5.41) is 2.67. The van der Waals surface area contributed by atoms with E-state index in [1.165, 1.54) is 36.0 Å². The summed E-state index contributed by atoms with van der Waals surface area (Å²) in [4.78, 5) is 17.9. The van der Waals surface area contributed by atoms with Crippen molar-refractivity contribution in [2.24, 2.45) is 5.92 Å². The Labute approximate surface area is 282 Å². The molecule has 2 aliphatic heterocycles. The number of anilines is 1. The van der Waals surface area contributed by atoms with E-state index in [4.69, 9.17) is 33.2 Å². The number of hydrogen-bond donors (Lipinski definition) is 0. The fraction of sp³-hybridized carbons (Fsp3) is 0.333. The minimum absolute atomic E-state index is 0.147. The molecular formula is C39H41Cl2N5. The lowest BCUT2D eigenvalue weighted by atomic mass is 9.93. The molecule has 46 heavy (non-hydrogen) atoms. The molecule has 0 aliphatic carbocycles. The van der Waals surface area contributed by atoms with Crippen LogP contribution in [0.15, 0.2) is 103 Å². The summed E-state index contributed by atoms with van der Waals surface area (Å²) in [5.41, 5.74) is 4.97. The van der Waals surface area contributed by atoms with Gasteiger partial charge in [-0.05, 0) is 84.7 Å². The molecule has 3 heterocycles. The molecule has 5 aromatic rings. The average Bonchev–Trinajstić information content (AvgIpc) is 3.33. The Morgan fingerprint density at radius 2 is 1.30 bits per heavy atom. The number of para-hydroxylation sites is 1. The average molecular weight is 651 g/mol. The summed E-state index contributed by atoms with van der Waals surface area (Å²) in [7, 11) is 0. The number of fused-ring (bicyclic) bond motifs is 1. The Kier molecular flexibility index (Phi) is 9.83. The molecule has 7 rings (SSSR count). The topological polar surface area (TPSA) is 35.5 Å². The largest absolute Gasteiger partial charge is 0.356 e. The van der Waals surface area contributed by atoms with Crippen molar-refractivity contribution in [3.8, 4) is 0 Å². The van der Waals surface area contributed by atoms with Crippen LogP contribution in [0.25, 0.3) is 10.9 Å². The number of benzene rings is 4. The maximum Gasteiger partial charge on any atom is 0.145 e. The fourth-order valence-corrected chi connectivity index (χ4v) is 7.48. The van der Waals surface area contributed by atoms with Gasteiger partial charge in [-0.25, -0.2) is 9.97 Å². The quantitative estimate of drug-likeness (QED) is 0.168. The molecule has 0 spiro atoms. The van der Waals surface area contributed by atoms with Crippen molar-refractivity contribution < 1.29 is 0 Å². The van der Waals surface area contributed by atoms with Gasteiger partial charge >= 0.3 is 0 Å². The van der Waals surface area contributed by atoms with Crippen molar-refractivity contribution in [2.75, 3.05) is 44.2 Å². The van der Waals surface area contributed by atoms with E-state index in [-0.39, 0.29) is 6.04 Å². The zero-order valence-corrected chi connectivity index (χ0v) is 27.8. The van der Waals surface area contributed by atoms with Gasteiger partial charge in [0.1, 0.15) is 11.6 Å². The second-order valence-corrected chi connectivity index (χ2v) is 13.6. The molecule has 4 aromatic carbocycles. The van der Waals surface area contributed by atoms with E-state index < -0.39 is 0 Å². The predicted octanol–water partition coefficient (Wildman–Crippen LogP) is 8.69. The van der Waals surface area contributed by atoms with Gasteiger partial charge in [-0.1, -0.05) is 89.9 Å². The number of piperazine rings is 1. The first-order valence-electron chi connectivity index (χ1n) is 16.6. The lowest BCUT2D eigenvalue weighted by molar-refractivity contribution is 0.103. The monoisotopic (exact) mass is 649 g/mol. The molecule has 2 saturated heterocycles. The highest BCUT2D eigenvalue weighted by Crippen LogP contribution is 2.32. The summed E-state index contributed by atoms with van der Waals surface area (Å²) < 4.78 is 0. The molecule has 1 unspecified atom stereocenters. The number of halogens is 2. The van der Waals surface area contributed by atoms with Gasteiger partial charge in [0, 0.05) is 54.7 Å². The van der Waals surface area contributed by atoms with E-state index in [1.807, 2.05) is 24.3 Å². The number of aromatic nitrogens is 2. The SMILES string of the molecule is Clc1ccc(C(c2ccc(Cl)cc2)N2CCN(Cc3nc(N4CCCC(Cc5ccccc5)CC4)c4ccccc4n3)CC2)cc1. The van der Waals surface area contributed by atoms with Gasteiger partial charge in [0.15, 0.2) is 0 Å². The summed E-state index contributed by atoms with van der Waals surface area (Å²) in [5.74, 6) is 2.73. The van der Waals surface area contributed by atoms with Gasteiger partial charge in [0.05, 0.1) is 18.1 Å². The van der Waals surface area contributed by atoms with E-state index in [0.717, 1.165) is 84.8 Å². The van der Waals surface area contributed by atoms with Crippen LogP contribution in [0.2, 0.25) is 10.0 Å². The first-order chi connectivity index (χ1) is 22.6. The normalized spacial score (nSPS) is 18.2. The maximum absolute atomic E-state index is 6.25.